The number of nitrogens with one attached hydrogen (secondary N) is 2. The van der Waals surface area contributed by atoms with E-state index in [0.29, 0.717) is 36.1 Å². The summed E-state index contributed by atoms with van der Waals surface area (Å²) >= 11 is 5.94. The molecule has 110 valence electrons. The lowest BCUT2D eigenvalue weighted by molar-refractivity contribution is -0.124. The highest BCUT2D eigenvalue weighted by Crippen LogP contribution is 2.14. The van der Waals surface area contributed by atoms with Crippen LogP contribution >= 0.6 is 11.6 Å². The monoisotopic (exact) mass is 306 g/mol. The molecule has 2 aromatic rings. The van der Waals surface area contributed by atoms with Gasteiger partial charge in [0.05, 0.1) is 12.5 Å². The molecule has 0 spiro atoms. The van der Waals surface area contributed by atoms with Gasteiger partial charge in [0.15, 0.2) is 5.82 Å². The molecule has 1 aliphatic rings. The number of benzene rings is 1. The first-order chi connectivity index (χ1) is 10.2. The third-order valence-electron chi connectivity index (χ3n) is 3.27. The Morgan fingerprint density at radius 1 is 1.38 bits per heavy atom. The normalized spacial score (nSPS) is 18.5. The first-order valence-corrected chi connectivity index (χ1v) is 7.15. The summed E-state index contributed by atoms with van der Waals surface area (Å²) in [6.07, 6.45) is 0.947. The fourth-order valence-corrected chi connectivity index (χ4v) is 2.47. The van der Waals surface area contributed by atoms with Gasteiger partial charge in [0, 0.05) is 24.5 Å². The summed E-state index contributed by atoms with van der Waals surface area (Å²) in [5.74, 6) is 1.01. The van der Waals surface area contributed by atoms with Crippen molar-refractivity contribution in [2.45, 2.75) is 18.9 Å². The van der Waals surface area contributed by atoms with Crippen LogP contribution in [0.2, 0.25) is 5.02 Å². The maximum absolute atomic E-state index is 11.7. The van der Waals surface area contributed by atoms with Crippen molar-refractivity contribution in [2.24, 2.45) is 0 Å². The van der Waals surface area contributed by atoms with Crippen molar-refractivity contribution < 1.29 is 9.32 Å². The van der Waals surface area contributed by atoms with Gasteiger partial charge in [-0.05, 0) is 17.7 Å². The Bertz CT molecular complexity index is 643. The van der Waals surface area contributed by atoms with Crippen molar-refractivity contribution in [3.8, 4) is 0 Å². The Balaban J connectivity index is 1.64. The standard InChI is InChI=1S/C14H15ClN4O2/c15-10-3-1-2-9(6-10)7-12-18-13(21-19-12)8-11-14(20)17-5-4-16-11/h1-3,6,11,16H,4-5,7-8H2,(H,17,20). The van der Waals surface area contributed by atoms with Crippen LogP contribution in [0.3, 0.4) is 0 Å². The highest BCUT2D eigenvalue weighted by atomic mass is 35.5. The zero-order chi connectivity index (χ0) is 14.7. The summed E-state index contributed by atoms with van der Waals surface area (Å²) in [5.41, 5.74) is 1.02. The van der Waals surface area contributed by atoms with Crippen molar-refractivity contribution in [1.82, 2.24) is 20.8 Å². The van der Waals surface area contributed by atoms with E-state index in [1.54, 1.807) is 0 Å². The van der Waals surface area contributed by atoms with Crippen LogP contribution in [0.5, 0.6) is 0 Å². The Hall–Kier alpha value is -1.92. The Morgan fingerprint density at radius 2 is 2.29 bits per heavy atom. The molecule has 0 bridgehead atoms. The van der Waals surface area contributed by atoms with Crippen molar-refractivity contribution in [3.63, 3.8) is 0 Å². The second kappa shape index (κ2) is 6.24. The number of hydrogen-bond acceptors (Lipinski definition) is 5. The number of hydrogen-bond donors (Lipinski definition) is 2. The summed E-state index contributed by atoms with van der Waals surface area (Å²) in [6.45, 7) is 1.40. The van der Waals surface area contributed by atoms with E-state index in [1.165, 1.54) is 0 Å². The van der Waals surface area contributed by atoms with Crippen molar-refractivity contribution in [1.29, 1.82) is 0 Å². The number of piperazine rings is 1. The van der Waals surface area contributed by atoms with Crippen LogP contribution in [0.4, 0.5) is 0 Å². The van der Waals surface area contributed by atoms with Crippen LogP contribution in [0.25, 0.3) is 0 Å². The van der Waals surface area contributed by atoms with E-state index in [2.05, 4.69) is 20.8 Å². The van der Waals surface area contributed by atoms with Crippen LogP contribution in [-0.2, 0) is 17.6 Å². The Kier molecular flexibility index (Phi) is 4.17. The summed E-state index contributed by atoms with van der Waals surface area (Å²) in [4.78, 5) is 16.0. The minimum absolute atomic E-state index is 0.0316. The highest BCUT2D eigenvalue weighted by Gasteiger charge is 2.24. The van der Waals surface area contributed by atoms with Gasteiger partial charge >= 0.3 is 0 Å². The minimum Gasteiger partial charge on any atom is -0.353 e. The fourth-order valence-electron chi connectivity index (χ4n) is 2.26. The molecule has 0 radical (unpaired) electrons. The quantitative estimate of drug-likeness (QED) is 0.879. The van der Waals surface area contributed by atoms with Gasteiger partial charge in [-0.1, -0.05) is 28.9 Å². The van der Waals surface area contributed by atoms with E-state index in [-0.39, 0.29) is 11.9 Å². The SMILES string of the molecule is O=C1NCCNC1Cc1nc(Cc2cccc(Cl)c2)no1. The average Bonchev–Trinajstić information content (AvgIpc) is 2.89. The molecule has 0 saturated carbocycles. The molecular formula is C14H15ClN4O2. The predicted molar refractivity (Wildman–Crippen MR) is 77.1 cm³/mol. The van der Waals surface area contributed by atoms with E-state index < -0.39 is 0 Å². The first-order valence-electron chi connectivity index (χ1n) is 6.78. The van der Waals surface area contributed by atoms with Gasteiger partial charge < -0.3 is 15.2 Å². The second-order valence-electron chi connectivity index (χ2n) is 4.91. The van der Waals surface area contributed by atoms with Crippen LogP contribution in [0.15, 0.2) is 28.8 Å². The molecule has 1 aliphatic heterocycles. The van der Waals surface area contributed by atoms with Crippen LogP contribution < -0.4 is 10.6 Å². The minimum atomic E-state index is -0.307. The third-order valence-corrected chi connectivity index (χ3v) is 3.51. The number of carbonyl (C=O) groups excluding carboxylic acids is 1. The van der Waals surface area contributed by atoms with Gasteiger partial charge in [-0.25, -0.2) is 0 Å². The van der Waals surface area contributed by atoms with Gasteiger partial charge in [-0.2, -0.15) is 4.98 Å². The van der Waals surface area contributed by atoms with E-state index in [4.69, 9.17) is 16.1 Å². The number of amides is 1. The first kappa shape index (κ1) is 14.0. The molecule has 2 N–H and O–H groups in total. The van der Waals surface area contributed by atoms with Gasteiger partial charge in [0.25, 0.3) is 0 Å². The molecule has 0 aliphatic carbocycles. The number of nitrogens with zero attached hydrogens (tertiary/aromatic N) is 2. The largest absolute Gasteiger partial charge is 0.353 e. The smallest absolute Gasteiger partial charge is 0.237 e. The fraction of sp³-hybridized carbons (Fsp3) is 0.357. The summed E-state index contributed by atoms with van der Waals surface area (Å²) in [5, 5.41) is 10.5. The molecule has 2 heterocycles. The lowest BCUT2D eigenvalue weighted by atomic mass is 10.1. The molecule has 6 nitrogen and oxygen atoms in total. The van der Waals surface area contributed by atoms with Gasteiger partial charge in [0.1, 0.15) is 0 Å². The number of carbonyl (C=O) groups is 1. The van der Waals surface area contributed by atoms with Gasteiger partial charge in [-0.3, -0.25) is 4.79 Å². The molecule has 1 unspecified atom stereocenters. The van der Waals surface area contributed by atoms with Crippen molar-refractivity contribution >= 4 is 17.5 Å². The molecule has 1 atom stereocenters. The van der Waals surface area contributed by atoms with Gasteiger partial charge in [-0.15, -0.1) is 0 Å². The van der Waals surface area contributed by atoms with E-state index in [9.17, 15) is 4.79 Å². The average molecular weight is 307 g/mol. The molecule has 1 saturated heterocycles. The second-order valence-corrected chi connectivity index (χ2v) is 5.35. The number of aromatic nitrogens is 2. The van der Waals surface area contributed by atoms with Crippen molar-refractivity contribution in [3.05, 3.63) is 46.6 Å². The highest BCUT2D eigenvalue weighted by molar-refractivity contribution is 6.30. The molecular weight excluding hydrogens is 292 g/mol. The third kappa shape index (κ3) is 3.59. The van der Waals surface area contributed by atoms with E-state index in [0.717, 1.165) is 12.1 Å². The van der Waals surface area contributed by atoms with Crippen molar-refractivity contribution in [2.75, 3.05) is 13.1 Å². The zero-order valence-corrected chi connectivity index (χ0v) is 12.1. The molecule has 7 heteroatoms. The van der Waals surface area contributed by atoms with Crippen LogP contribution in [0.1, 0.15) is 17.3 Å². The lowest BCUT2D eigenvalue weighted by Crippen LogP contribution is -2.53. The molecule has 21 heavy (non-hydrogen) atoms. The topological polar surface area (TPSA) is 80.0 Å². The Labute approximate surface area is 126 Å². The maximum atomic E-state index is 11.7. The lowest BCUT2D eigenvalue weighted by Gasteiger charge is -2.21. The predicted octanol–water partition coefficient (Wildman–Crippen LogP) is 0.944. The Morgan fingerprint density at radius 3 is 3.10 bits per heavy atom. The van der Waals surface area contributed by atoms with Gasteiger partial charge in [0.2, 0.25) is 11.8 Å². The zero-order valence-electron chi connectivity index (χ0n) is 11.3. The summed E-state index contributed by atoms with van der Waals surface area (Å²) < 4.78 is 5.20. The van der Waals surface area contributed by atoms with E-state index in [1.807, 2.05) is 24.3 Å². The molecule has 1 aromatic heterocycles. The molecule has 3 rings (SSSR count). The maximum Gasteiger partial charge on any atom is 0.237 e. The molecule has 1 fully saturated rings. The number of halogens is 1. The van der Waals surface area contributed by atoms with Crippen LogP contribution in [-0.4, -0.2) is 35.2 Å². The molecule has 1 aromatic carbocycles. The summed E-state index contributed by atoms with van der Waals surface area (Å²) in [7, 11) is 0. The molecule has 1 amide bonds. The number of rotatable bonds is 4. The summed E-state index contributed by atoms with van der Waals surface area (Å²) in [6, 6.07) is 7.22. The van der Waals surface area contributed by atoms with Crippen LogP contribution in [0, 0.1) is 0 Å². The van der Waals surface area contributed by atoms with E-state index >= 15 is 0 Å².